The Balaban J connectivity index is 1.44. The van der Waals surface area contributed by atoms with Crippen molar-refractivity contribution in [1.29, 1.82) is 5.26 Å². The standard InChI is InChI=1S/C28H29N3O4S2/c1-34-20-12-9-18(10-13-20)22-14-11-19(17-29)26(30-22)36-16-15-24(32)31-27-25(28(33)35-2)21-7-5-3-4-6-8-23(21)37-27/h9-14H,3-8,15-16H2,1-2H3,(H,31,32). The fourth-order valence-corrected chi connectivity index (χ4v) is 6.52. The van der Waals surface area contributed by atoms with Crippen LogP contribution in [-0.2, 0) is 22.4 Å². The number of carbonyl (C=O) groups is 2. The van der Waals surface area contributed by atoms with Crippen LogP contribution in [0.4, 0.5) is 5.00 Å². The molecular formula is C28H29N3O4S2. The lowest BCUT2D eigenvalue weighted by Crippen LogP contribution is -2.15. The molecule has 0 radical (unpaired) electrons. The number of aryl methyl sites for hydroxylation is 1. The van der Waals surface area contributed by atoms with Gasteiger partial charge in [0.2, 0.25) is 5.91 Å². The van der Waals surface area contributed by atoms with E-state index in [1.807, 2.05) is 30.3 Å². The number of nitrogens with zero attached hydrogens (tertiary/aromatic N) is 2. The van der Waals surface area contributed by atoms with Crippen LogP contribution in [0, 0.1) is 11.3 Å². The van der Waals surface area contributed by atoms with Gasteiger partial charge in [0.1, 0.15) is 21.8 Å². The number of fused-ring (bicyclic) bond motifs is 1. The molecule has 1 N–H and O–H groups in total. The summed E-state index contributed by atoms with van der Waals surface area (Å²) in [5, 5.41) is 13.6. The molecule has 37 heavy (non-hydrogen) atoms. The Morgan fingerprint density at radius 3 is 2.54 bits per heavy atom. The summed E-state index contributed by atoms with van der Waals surface area (Å²) >= 11 is 2.86. The highest BCUT2D eigenvalue weighted by Crippen LogP contribution is 2.37. The number of thioether (sulfide) groups is 1. The molecule has 0 saturated carbocycles. The fourth-order valence-electron chi connectivity index (χ4n) is 4.31. The molecule has 2 aromatic heterocycles. The van der Waals surface area contributed by atoms with Crippen LogP contribution < -0.4 is 10.1 Å². The van der Waals surface area contributed by atoms with Crippen molar-refractivity contribution >= 4 is 40.0 Å². The molecule has 0 spiro atoms. The van der Waals surface area contributed by atoms with Gasteiger partial charge in [-0.15, -0.1) is 23.1 Å². The SMILES string of the molecule is COC(=O)c1c(NC(=O)CCSc2nc(-c3ccc(OC)cc3)ccc2C#N)sc2c1CCCCCC2. The van der Waals surface area contributed by atoms with E-state index < -0.39 is 5.97 Å². The van der Waals surface area contributed by atoms with Crippen LogP contribution in [0.15, 0.2) is 41.4 Å². The van der Waals surface area contributed by atoms with Crippen LogP contribution in [0.3, 0.4) is 0 Å². The van der Waals surface area contributed by atoms with E-state index in [1.54, 1.807) is 13.2 Å². The first kappa shape index (κ1) is 26.7. The minimum Gasteiger partial charge on any atom is -0.497 e. The Morgan fingerprint density at radius 1 is 1.08 bits per heavy atom. The first-order valence-corrected chi connectivity index (χ1v) is 14.0. The second-order valence-electron chi connectivity index (χ2n) is 8.65. The zero-order chi connectivity index (χ0) is 26.2. The Labute approximate surface area is 225 Å². The van der Waals surface area contributed by atoms with E-state index in [4.69, 9.17) is 9.47 Å². The predicted octanol–water partition coefficient (Wildman–Crippen LogP) is 6.26. The molecule has 0 bridgehead atoms. The number of rotatable bonds is 8. The third kappa shape index (κ3) is 6.51. The van der Waals surface area contributed by atoms with Gasteiger partial charge in [0.15, 0.2) is 0 Å². The Hall–Kier alpha value is -3.35. The summed E-state index contributed by atoms with van der Waals surface area (Å²) in [5.74, 6) is 0.613. The van der Waals surface area contributed by atoms with Gasteiger partial charge in [0, 0.05) is 22.6 Å². The van der Waals surface area contributed by atoms with Gasteiger partial charge in [-0.25, -0.2) is 9.78 Å². The Kier molecular flexibility index (Phi) is 9.20. The van der Waals surface area contributed by atoms with E-state index in [0.717, 1.165) is 54.7 Å². The molecule has 2 heterocycles. The maximum Gasteiger partial charge on any atom is 0.341 e. The molecule has 9 heteroatoms. The molecule has 192 valence electrons. The minimum atomic E-state index is -0.402. The summed E-state index contributed by atoms with van der Waals surface area (Å²) in [6.45, 7) is 0. The van der Waals surface area contributed by atoms with Gasteiger partial charge in [-0.1, -0.05) is 12.8 Å². The number of benzene rings is 1. The van der Waals surface area contributed by atoms with Crippen molar-refractivity contribution in [1.82, 2.24) is 4.98 Å². The molecule has 0 fully saturated rings. The maximum atomic E-state index is 12.9. The number of nitrogens with one attached hydrogen (secondary N) is 1. The third-order valence-electron chi connectivity index (χ3n) is 6.25. The zero-order valence-electron chi connectivity index (χ0n) is 21.0. The van der Waals surface area contributed by atoms with Crippen molar-refractivity contribution < 1.29 is 19.1 Å². The average molecular weight is 536 g/mol. The lowest BCUT2D eigenvalue weighted by Gasteiger charge is -2.11. The molecular weight excluding hydrogens is 506 g/mol. The number of amides is 1. The van der Waals surface area contributed by atoms with E-state index in [0.29, 0.717) is 26.9 Å². The largest absolute Gasteiger partial charge is 0.497 e. The normalized spacial score (nSPS) is 13.0. The predicted molar refractivity (Wildman–Crippen MR) is 146 cm³/mol. The maximum absolute atomic E-state index is 12.9. The number of hydrogen-bond acceptors (Lipinski definition) is 8. The second-order valence-corrected chi connectivity index (χ2v) is 10.8. The number of methoxy groups -OCH3 is 2. The molecule has 0 atom stereocenters. The molecule has 1 amide bonds. The molecule has 0 saturated heterocycles. The van der Waals surface area contributed by atoms with Crippen molar-refractivity contribution in [3.05, 3.63) is 58.0 Å². The Bertz CT molecular complexity index is 1310. The number of aromatic nitrogens is 1. The summed E-state index contributed by atoms with van der Waals surface area (Å²) in [7, 11) is 2.99. The first-order valence-electron chi connectivity index (χ1n) is 12.2. The van der Waals surface area contributed by atoms with Crippen LogP contribution in [0.1, 0.15) is 58.5 Å². The number of anilines is 1. The number of esters is 1. The monoisotopic (exact) mass is 535 g/mol. The molecule has 0 unspecified atom stereocenters. The summed E-state index contributed by atoms with van der Waals surface area (Å²) in [6.07, 6.45) is 6.41. The fraction of sp³-hybridized carbons (Fsp3) is 0.357. The van der Waals surface area contributed by atoms with Gasteiger partial charge in [-0.2, -0.15) is 5.26 Å². The summed E-state index contributed by atoms with van der Waals surface area (Å²) < 4.78 is 10.3. The second kappa shape index (κ2) is 12.7. The van der Waals surface area contributed by atoms with Crippen molar-refractivity contribution in [3.63, 3.8) is 0 Å². The summed E-state index contributed by atoms with van der Waals surface area (Å²) in [4.78, 5) is 31.3. The van der Waals surface area contributed by atoms with Crippen molar-refractivity contribution in [2.24, 2.45) is 0 Å². The van der Waals surface area contributed by atoms with Gasteiger partial charge >= 0.3 is 5.97 Å². The van der Waals surface area contributed by atoms with Crippen LogP contribution in [-0.4, -0.2) is 36.8 Å². The van der Waals surface area contributed by atoms with Crippen LogP contribution >= 0.6 is 23.1 Å². The van der Waals surface area contributed by atoms with Gasteiger partial charge in [-0.05, 0) is 67.6 Å². The molecule has 1 aliphatic carbocycles. The van der Waals surface area contributed by atoms with Crippen LogP contribution in [0.5, 0.6) is 5.75 Å². The van der Waals surface area contributed by atoms with E-state index in [-0.39, 0.29) is 12.3 Å². The van der Waals surface area contributed by atoms with Gasteiger partial charge in [0.05, 0.1) is 31.0 Å². The number of carbonyl (C=O) groups excluding carboxylic acids is 2. The minimum absolute atomic E-state index is 0.184. The summed E-state index contributed by atoms with van der Waals surface area (Å²) in [5.41, 5.74) is 3.65. The smallest absolute Gasteiger partial charge is 0.341 e. The van der Waals surface area contributed by atoms with Gasteiger partial charge in [0.25, 0.3) is 0 Å². The highest BCUT2D eigenvalue weighted by Gasteiger charge is 2.25. The Morgan fingerprint density at radius 2 is 1.84 bits per heavy atom. The summed E-state index contributed by atoms with van der Waals surface area (Å²) in [6, 6.07) is 13.3. The molecule has 3 aromatic rings. The van der Waals surface area contributed by atoms with Crippen molar-refractivity contribution in [2.45, 2.75) is 50.0 Å². The quantitative estimate of drug-likeness (QED) is 0.268. The molecule has 1 aromatic carbocycles. The number of ether oxygens (including phenoxy) is 2. The molecule has 0 aliphatic heterocycles. The van der Waals surface area contributed by atoms with Crippen LogP contribution in [0.25, 0.3) is 11.3 Å². The van der Waals surface area contributed by atoms with Gasteiger partial charge in [-0.3, -0.25) is 4.79 Å². The third-order valence-corrected chi connectivity index (χ3v) is 8.45. The van der Waals surface area contributed by atoms with Crippen LogP contribution in [0.2, 0.25) is 0 Å². The number of thiophene rings is 1. The lowest BCUT2D eigenvalue weighted by molar-refractivity contribution is -0.115. The first-order chi connectivity index (χ1) is 18.0. The van der Waals surface area contributed by atoms with E-state index in [1.165, 1.54) is 41.5 Å². The van der Waals surface area contributed by atoms with Gasteiger partial charge < -0.3 is 14.8 Å². The molecule has 7 nitrogen and oxygen atoms in total. The zero-order valence-corrected chi connectivity index (χ0v) is 22.6. The average Bonchev–Trinajstić information content (AvgIpc) is 3.23. The number of pyridine rings is 1. The number of nitriles is 1. The van der Waals surface area contributed by atoms with E-state index >= 15 is 0 Å². The van der Waals surface area contributed by atoms with Crippen molar-refractivity contribution in [2.75, 3.05) is 25.3 Å². The van der Waals surface area contributed by atoms with E-state index in [2.05, 4.69) is 16.4 Å². The highest BCUT2D eigenvalue weighted by atomic mass is 32.2. The van der Waals surface area contributed by atoms with Crippen molar-refractivity contribution in [3.8, 4) is 23.1 Å². The molecule has 4 rings (SSSR count). The lowest BCUT2D eigenvalue weighted by atomic mass is 9.96. The number of hydrogen-bond donors (Lipinski definition) is 1. The topological polar surface area (TPSA) is 101 Å². The van der Waals surface area contributed by atoms with E-state index in [9.17, 15) is 14.9 Å². The highest BCUT2D eigenvalue weighted by molar-refractivity contribution is 7.99. The molecule has 1 aliphatic rings.